The Labute approximate surface area is 154 Å². The average molecular weight is 386 g/mol. The molecule has 24 heavy (non-hydrogen) atoms. The molecule has 8 heteroatoms. The lowest BCUT2D eigenvalue weighted by Crippen LogP contribution is -2.29. The van der Waals surface area contributed by atoms with E-state index in [4.69, 9.17) is 28.9 Å². The van der Waals surface area contributed by atoms with Crippen molar-refractivity contribution in [2.75, 3.05) is 6.54 Å². The fraction of sp³-hybridized carbons (Fsp3) is 0.312. The first-order chi connectivity index (χ1) is 11.4. The fourth-order valence-corrected chi connectivity index (χ4v) is 3.68. The standard InChI is InChI=1S/C16H16ClNO4S2/c17-11-5-6-12(19)10(8-11)9-13-15(22)18(16(23)24-13)7-3-1-2-4-14(20)21/h5-6,8-9,19H,1-4,7H2,(H,20,21)/b13-9-. The van der Waals surface area contributed by atoms with E-state index >= 15 is 0 Å². The van der Waals surface area contributed by atoms with E-state index in [1.807, 2.05) is 0 Å². The normalized spacial score (nSPS) is 16.2. The van der Waals surface area contributed by atoms with E-state index in [0.29, 0.717) is 39.2 Å². The number of hydrogen-bond donors (Lipinski definition) is 2. The number of halogens is 1. The summed E-state index contributed by atoms with van der Waals surface area (Å²) >= 11 is 12.3. The van der Waals surface area contributed by atoms with Crippen LogP contribution in [0.25, 0.3) is 6.08 Å². The molecule has 0 unspecified atom stereocenters. The molecule has 1 heterocycles. The quantitative estimate of drug-likeness (QED) is 0.421. The number of thiocarbonyl (C=S) groups is 1. The van der Waals surface area contributed by atoms with Crippen LogP contribution in [-0.4, -0.2) is 37.9 Å². The summed E-state index contributed by atoms with van der Waals surface area (Å²) in [5, 5.41) is 18.9. The summed E-state index contributed by atoms with van der Waals surface area (Å²) in [7, 11) is 0. The number of aromatic hydroxyl groups is 1. The molecule has 0 saturated carbocycles. The molecule has 1 amide bonds. The smallest absolute Gasteiger partial charge is 0.303 e. The summed E-state index contributed by atoms with van der Waals surface area (Å²) in [6.45, 7) is 0.461. The number of amides is 1. The largest absolute Gasteiger partial charge is 0.507 e. The SMILES string of the molecule is O=C(O)CCCCCN1C(=O)/C(=C/c2cc(Cl)ccc2O)SC1=S. The number of phenols is 1. The van der Waals surface area contributed by atoms with Gasteiger partial charge in [-0.15, -0.1) is 0 Å². The second-order valence-electron chi connectivity index (χ2n) is 5.24. The second kappa shape index (κ2) is 8.50. The Morgan fingerprint density at radius 1 is 1.33 bits per heavy atom. The molecule has 0 spiro atoms. The fourth-order valence-electron chi connectivity index (χ4n) is 2.20. The van der Waals surface area contributed by atoms with Crippen molar-refractivity contribution in [3.8, 4) is 5.75 Å². The summed E-state index contributed by atoms with van der Waals surface area (Å²) in [5.74, 6) is -0.981. The zero-order valence-corrected chi connectivity index (χ0v) is 15.1. The zero-order chi connectivity index (χ0) is 17.7. The molecule has 128 valence electrons. The van der Waals surface area contributed by atoms with Crippen LogP contribution in [-0.2, 0) is 9.59 Å². The molecular formula is C16H16ClNO4S2. The topological polar surface area (TPSA) is 77.8 Å². The minimum Gasteiger partial charge on any atom is -0.507 e. The summed E-state index contributed by atoms with van der Waals surface area (Å²) in [5.41, 5.74) is 0.462. The lowest BCUT2D eigenvalue weighted by Gasteiger charge is -2.13. The van der Waals surface area contributed by atoms with Gasteiger partial charge >= 0.3 is 5.97 Å². The van der Waals surface area contributed by atoms with Crippen molar-refractivity contribution < 1.29 is 19.8 Å². The number of carbonyl (C=O) groups is 2. The van der Waals surface area contributed by atoms with E-state index < -0.39 is 5.97 Å². The predicted octanol–water partition coefficient (Wildman–Crippen LogP) is 3.89. The Morgan fingerprint density at radius 2 is 2.08 bits per heavy atom. The van der Waals surface area contributed by atoms with Gasteiger partial charge in [-0.2, -0.15) is 0 Å². The number of thioether (sulfide) groups is 1. The van der Waals surface area contributed by atoms with Crippen LogP contribution in [0.2, 0.25) is 5.02 Å². The molecule has 5 nitrogen and oxygen atoms in total. The number of benzene rings is 1. The predicted molar refractivity (Wildman–Crippen MR) is 99.1 cm³/mol. The number of aliphatic carboxylic acids is 1. The van der Waals surface area contributed by atoms with Gasteiger partial charge in [-0.25, -0.2) is 0 Å². The van der Waals surface area contributed by atoms with Crippen LogP contribution in [0.15, 0.2) is 23.1 Å². The molecule has 1 saturated heterocycles. The van der Waals surface area contributed by atoms with E-state index in [0.717, 1.165) is 6.42 Å². The lowest BCUT2D eigenvalue weighted by atomic mass is 10.1. The summed E-state index contributed by atoms with van der Waals surface area (Å²) in [6.07, 6.45) is 3.69. The number of carboxylic acids is 1. The van der Waals surface area contributed by atoms with Gasteiger partial charge in [0, 0.05) is 23.6 Å². The van der Waals surface area contributed by atoms with Crippen LogP contribution in [0.5, 0.6) is 5.75 Å². The van der Waals surface area contributed by atoms with Crippen molar-refractivity contribution in [2.24, 2.45) is 0 Å². The van der Waals surface area contributed by atoms with Gasteiger partial charge in [0.1, 0.15) is 10.1 Å². The van der Waals surface area contributed by atoms with Gasteiger partial charge in [-0.1, -0.05) is 42.0 Å². The molecule has 1 aromatic rings. The number of phenolic OH excluding ortho intramolecular Hbond substituents is 1. The number of rotatable bonds is 7. The van der Waals surface area contributed by atoms with Gasteiger partial charge in [-0.05, 0) is 37.1 Å². The third kappa shape index (κ3) is 4.96. The van der Waals surface area contributed by atoms with Crippen LogP contribution < -0.4 is 0 Å². The Bertz CT molecular complexity index is 705. The highest BCUT2D eigenvalue weighted by molar-refractivity contribution is 8.26. The molecule has 1 aromatic carbocycles. The Kier molecular flexibility index (Phi) is 6.65. The Hall–Kier alpha value is -1.57. The van der Waals surface area contributed by atoms with Gasteiger partial charge < -0.3 is 10.2 Å². The molecule has 1 fully saturated rings. The highest BCUT2D eigenvalue weighted by atomic mass is 35.5. The zero-order valence-electron chi connectivity index (χ0n) is 12.7. The molecule has 2 N–H and O–H groups in total. The highest BCUT2D eigenvalue weighted by Crippen LogP contribution is 2.34. The van der Waals surface area contributed by atoms with E-state index in [9.17, 15) is 14.7 Å². The van der Waals surface area contributed by atoms with E-state index in [1.54, 1.807) is 18.2 Å². The average Bonchev–Trinajstić information content (AvgIpc) is 2.77. The number of unbranched alkanes of at least 4 members (excludes halogenated alkanes) is 2. The van der Waals surface area contributed by atoms with Gasteiger partial charge in [0.25, 0.3) is 5.91 Å². The maximum Gasteiger partial charge on any atom is 0.303 e. The van der Waals surface area contributed by atoms with Crippen molar-refractivity contribution in [2.45, 2.75) is 25.7 Å². The summed E-state index contributed by atoms with van der Waals surface area (Å²) in [4.78, 5) is 24.8. The van der Waals surface area contributed by atoms with Crippen LogP contribution in [0, 0.1) is 0 Å². The number of carbonyl (C=O) groups excluding carboxylic acids is 1. The maximum absolute atomic E-state index is 12.4. The van der Waals surface area contributed by atoms with Crippen molar-refractivity contribution in [3.63, 3.8) is 0 Å². The van der Waals surface area contributed by atoms with E-state index in [1.165, 1.54) is 22.7 Å². The monoisotopic (exact) mass is 385 g/mol. The van der Waals surface area contributed by atoms with Crippen molar-refractivity contribution in [3.05, 3.63) is 33.7 Å². The van der Waals surface area contributed by atoms with Crippen molar-refractivity contribution in [1.29, 1.82) is 0 Å². The molecule has 1 aliphatic rings. The van der Waals surface area contributed by atoms with E-state index in [-0.39, 0.29) is 18.1 Å². The van der Waals surface area contributed by atoms with Crippen LogP contribution in [0.4, 0.5) is 0 Å². The van der Waals surface area contributed by atoms with Crippen molar-refractivity contribution in [1.82, 2.24) is 4.90 Å². The van der Waals surface area contributed by atoms with Crippen LogP contribution in [0.1, 0.15) is 31.2 Å². The van der Waals surface area contributed by atoms with Crippen LogP contribution >= 0.6 is 35.6 Å². The summed E-state index contributed by atoms with van der Waals surface area (Å²) < 4.78 is 0.464. The molecule has 1 aliphatic heterocycles. The first-order valence-electron chi connectivity index (χ1n) is 7.34. The van der Waals surface area contributed by atoms with Crippen LogP contribution in [0.3, 0.4) is 0 Å². The van der Waals surface area contributed by atoms with Gasteiger partial charge in [-0.3, -0.25) is 14.5 Å². The van der Waals surface area contributed by atoms with Gasteiger partial charge in [0.05, 0.1) is 4.91 Å². The molecular weight excluding hydrogens is 370 g/mol. The first kappa shape index (κ1) is 18.8. The molecule has 2 rings (SSSR count). The first-order valence-corrected chi connectivity index (χ1v) is 8.94. The maximum atomic E-state index is 12.4. The minimum absolute atomic E-state index is 0.0401. The number of hydrogen-bond acceptors (Lipinski definition) is 5. The Morgan fingerprint density at radius 3 is 2.79 bits per heavy atom. The minimum atomic E-state index is -0.815. The molecule has 0 aromatic heterocycles. The summed E-state index contributed by atoms with van der Waals surface area (Å²) in [6, 6.07) is 4.61. The molecule has 0 aliphatic carbocycles. The Balaban J connectivity index is 1.99. The number of nitrogens with zero attached hydrogens (tertiary/aromatic N) is 1. The third-order valence-electron chi connectivity index (χ3n) is 3.42. The third-order valence-corrected chi connectivity index (χ3v) is 5.04. The molecule has 0 radical (unpaired) electrons. The van der Waals surface area contributed by atoms with E-state index in [2.05, 4.69) is 0 Å². The van der Waals surface area contributed by atoms with Gasteiger partial charge in [0.15, 0.2) is 0 Å². The molecule has 0 bridgehead atoms. The lowest BCUT2D eigenvalue weighted by molar-refractivity contribution is -0.137. The molecule has 0 atom stereocenters. The van der Waals surface area contributed by atoms with Gasteiger partial charge in [0.2, 0.25) is 0 Å². The van der Waals surface area contributed by atoms with Crippen molar-refractivity contribution >= 4 is 57.9 Å². The highest BCUT2D eigenvalue weighted by Gasteiger charge is 2.31. The number of carboxylic acid groups (broad SMARTS) is 1. The second-order valence-corrected chi connectivity index (χ2v) is 7.35.